The average molecular weight is 488 g/mol. The van der Waals surface area contributed by atoms with Crippen molar-refractivity contribution >= 4 is 52.4 Å². The predicted molar refractivity (Wildman–Crippen MR) is 125 cm³/mol. The fourth-order valence-corrected chi connectivity index (χ4v) is 3.09. The highest BCUT2D eigenvalue weighted by molar-refractivity contribution is 6.34. The quantitative estimate of drug-likeness (QED) is 0.297. The van der Waals surface area contributed by atoms with E-state index in [2.05, 4.69) is 4.98 Å². The number of aromatic nitrogens is 1. The summed E-state index contributed by atoms with van der Waals surface area (Å²) >= 11 is 16.7. The van der Waals surface area contributed by atoms with E-state index in [-0.39, 0.29) is 27.7 Å². The van der Waals surface area contributed by atoms with Gasteiger partial charge >= 0.3 is 5.97 Å². The number of carbonyl (C=O) groups excluding carboxylic acids is 1. The van der Waals surface area contributed by atoms with Crippen LogP contribution in [-0.4, -0.2) is 52.5 Å². The summed E-state index contributed by atoms with van der Waals surface area (Å²) < 4.78 is 5.36. The highest BCUT2D eigenvalue weighted by atomic mass is 35.5. The van der Waals surface area contributed by atoms with Crippen LogP contribution in [0.25, 0.3) is 5.70 Å². The maximum atomic E-state index is 12.1. The fraction of sp³-hybridized carbons (Fsp3) is 0.318. The van der Waals surface area contributed by atoms with E-state index in [1.807, 2.05) is 51.1 Å². The molecule has 0 unspecified atom stereocenters. The summed E-state index contributed by atoms with van der Waals surface area (Å²) in [5.41, 5.74) is 2.78. The zero-order valence-electron chi connectivity index (χ0n) is 17.6. The summed E-state index contributed by atoms with van der Waals surface area (Å²) in [5.74, 6) is -1.32. The molecule has 0 bridgehead atoms. The Morgan fingerprint density at radius 2 is 1.74 bits per heavy atom. The molecule has 1 amide bonds. The van der Waals surface area contributed by atoms with E-state index >= 15 is 0 Å². The number of benzene rings is 1. The molecule has 0 saturated heterocycles. The van der Waals surface area contributed by atoms with Gasteiger partial charge in [-0.25, -0.2) is 9.78 Å². The van der Waals surface area contributed by atoms with Gasteiger partial charge in [0.15, 0.2) is 5.69 Å². The topological polar surface area (TPSA) is 79.7 Å². The number of amides is 1. The molecule has 1 heterocycles. The average Bonchev–Trinajstić information content (AvgIpc) is 2.75. The molecule has 1 aromatic carbocycles. The lowest BCUT2D eigenvalue weighted by Crippen LogP contribution is -2.34. The van der Waals surface area contributed by atoms with Crippen molar-refractivity contribution in [2.75, 3.05) is 25.6 Å². The summed E-state index contributed by atoms with van der Waals surface area (Å²) in [5, 5.41) is 8.69. The Balaban J connectivity index is 0.000000367. The van der Waals surface area contributed by atoms with Gasteiger partial charge in [-0.05, 0) is 38.5 Å². The summed E-state index contributed by atoms with van der Waals surface area (Å²) in [7, 11) is 0. The smallest absolute Gasteiger partial charge is 0.356 e. The van der Waals surface area contributed by atoms with E-state index in [0.29, 0.717) is 19.8 Å². The minimum atomic E-state index is -1.18. The Kier molecular flexibility index (Phi) is 12.2. The third kappa shape index (κ3) is 8.87. The number of carbonyl (C=O) groups is 2. The molecule has 31 heavy (non-hydrogen) atoms. The van der Waals surface area contributed by atoms with Crippen molar-refractivity contribution in [1.29, 1.82) is 0 Å². The third-order valence-electron chi connectivity index (χ3n) is 3.88. The molecule has 1 aromatic heterocycles. The number of nitrogens with zero attached hydrogens (tertiary/aromatic N) is 2. The minimum absolute atomic E-state index is 0.0320. The molecular weight excluding hydrogens is 463 g/mol. The lowest BCUT2D eigenvalue weighted by atomic mass is 10.1. The molecule has 6 nitrogen and oxygen atoms in total. The fourth-order valence-electron chi connectivity index (χ4n) is 2.61. The number of pyridine rings is 1. The Bertz CT molecular complexity index is 901. The molecule has 0 fully saturated rings. The molecule has 0 aliphatic heterocycles. The number of alkyl halides is 1. The molecule has 0 saturated carbocycles. The molecule has 0 aliphatic rings. The van der Waals surface area contributed by atoms with Gasteiger partial charge in [-0.15, -0.1) is 11.6 Å². The standard InChI is InChI=1S/C16H22ClNO2.C6H3Cl2NO2/c1-4-20-11-10-18(15(19)12-17)16(13(2)3)14-8-6-5-7-9-14;7-3-1-2-4(8)9-5(3)6(10)11/h5-9H,4,10-12H2,1-3H3;1-2H,(H,10,11). The van der Waals surface area contributed by atoms with Crippen LogP contribution in [-0.2, 0) is 9.53 Å². The Morgan fingerprint density at radius 3 is 2.23 bits per heavy atom. The molecule has 0 radical (unpaired) electrons. The summed E-state index contributed by atoms with van der Waals surface area (Å²) in [4.78, 5) is 27.7. The van der Waals surface area contributed by atoms with Crippen LogP contribution in [0.3, 0.4) is 0 Å². The molecule has 1 N–H and O–H groups in total. The SMILES string of the molecule is CCOCCN(C(=O)CCl)C(=C(C)C)c1ccccc1.O=C(O)c1nc(Cl)ccc1Cl. The zero-order valence-corrected chi connectivity index (χ0v) is 19.8. The first-order valence-electron chi connectivity index (χ1n) is 9.45. The van der Waals surface area contributed by atoms with Gasteiger partial charge in [0.1, 0.15) is 11.0 Å². The highest BCUT2D eigenvalue weighted by Gasteiger charge is 2.19. The number of allylic oxidation sites excluding steroid dienone is 1. The number of hydrogen-bond acceptors (Lipinski definition) is 4. The minimum Gasteiger partial charge on any atom is -0.476 e. The van der Waals surface area contributed by atoms with Crippen LogP contribution in [0.5, 0.6) is 0 Å². The van der Waals surface area contributed by atoms with Crippen LogP contribution in [0.4, 0.5) is 0 Å². The number of carboxylic acids is 1. The van der Waals surface area contributed by atoms with Crippen LogP contribution in [0, 0.1) is 0 Å². The van der Waals surface area contributed by atoms with Gasteiger partial charge in [0.25, 0.3) is 0 Å². The second kappa shape index (κ2) is 14.0. The predicted octanol–water partition coefficient (Wildman–Crippen LogP) is 5.63. The highest BCUT2D eigenvalue weighted by Crippen LogP contribution is 2.23. The van der Waals surface area contributed by atoms with E-state index in [1.54, 1.807) is 4.90 Å². The van der Waals surface area contributed by atoms with Gasteiger partial charge in [0.05, 0.1) is 11.6 Å². The van der Waals surface area contributed by atoms with E-state index in [1.165, 1.54) is 12.1 Å². The molecule has 2 rings (SSSR count). The summed E-state index contributed by atoms with van der Waals surface area (Å²) in [6, 6.07) is 12.7. The van der Waals surface area contributed by atoms with Crippen molar-refractivity contribution in [1.82, 2.24) is 9.88 Å². The first-order chi connectivity index (χ1) is 14.7. The largest absolute Gasteiger partial charge is 0.476 e. The Hall–Kier alpha value is -2.12. The van der Waals surface area contributed by atoms with Crippen LogP contribution < -0.4 is 0 Å². The monoisotopic (exact) mass is 486 g/mol. The molecule has 0 aliphatic carbocycles. The number of aromatic carboxylic acids is 1. The van der Waals surface area contributed by atoms with Crippen molar-refractivity contribution in [3.63, 3.8) is 0 Å². The van der Waals surface area contributed by atoms with Crippen molar-refractivity contribution in [2.45, 2.75) is 20.8 Å². The second-order valence-corrected chi connectivity index (χ2v) is 7.42. The summed E-state index contributed by atoms with van der Waals surface area (Å²) in [6.07, 6.45) is 0. The van der Waals surface area contributed by atoms with Gasteiger partial charge in [0.2, 0.25) is 5.91 Å². The third-order valence-corrected chi connectivity index (χ3v) is 4.63. The van der Waals surface area contributed by atoms with E-state index in [9.17, 15) is 9.59 Å². The molecule has 168 valence electrons. The van der Waals surface area contributed by atoms with Crippen LogP contribution in [0.15, 0.2) is 48.0 Å². The first kappa shape index (κ1) is 26.9. The number of rotatable bonds is 8. The number of carboxylic acid groups (broad SMARTS) is 1. The van der Waals surface area contributed by atoms with E-state index in [0.717, 1.165) is 16.8 Å². The van der Waals surface area contributed by atoms with Crippen LogP contribution in [0.2, 0.25) is 10.2 Å². The molecule has 0 spiro atoms. The number of hydrogen-bond donors (Lipinski definition) is 1. The number of ether oxygens (including phenoxy) is 1. The Labute approximate surface area is 197 Å². The van der Waals surface area contributed by atoms with Crippen molar-refractivity contribution in [3.05, 3.63) is 69.5 Å². The second-order valence-electron chi connectivity index (χ2n) is 6.36. The van der Waals surface area contributed by atoms with Gasteiger partial charge in [-0.1, -0.05) is 59.1 Å². The van der Waals surface area contributed by atoms with Gasteiger partial charge < -0.3 is 14.7 Å². The van der Waals surface area contributed by atoms with E-state index < -0.39 is 5.97 Å². The maximum absolute atomic E-state index is 12.1. The molecule has 2 aromatic rings. The molecular formula is C22H25Cl3N2O4. The molecule has 0 atom stereocenters. The van der Waals surface area contributed by atoms with Crippen molar-refractivity contribution in [3.8, 4) is 0 Å². The van der Waals surface area contributed by atoms with E-state index in [4.69, 9.17) is 44.6 Å². The van der Waals surface area contributed by atoms with Gasteiger partial charge in [-0.2, -0.15) is 0 Å². The van der Waals surface area contributed by atoms with Crippen LogP contribution >= 0.6 is 34.8 Å². The van der Waals surface area contributed by atoms with Crippen LogP contribution in [0.1, 0.15) is 36.8 Å². The van der Waals surface area contributed by atoms with Gasteiger partial charge in [-0.3, -0.25) is 4.79 Å². The Morgan fingerprint density at radius 1 is 1.10 bits per heavy atom. The summed E-state index contributed by atoms with van der Waals surface area (Å²) in [6.45, 7) is 7.58. The van der Waals surface area contributed by atoms with Gasteiger partial charge in [0, 0.05) is 18.8 Å². The first-order valence-corrected chi connectivity index (χ1v) is 10.7. The molecule has 9 heteroatoms. The lowest BCUT2D eigenvalue weighted by Gasteiger charge is -2.26. The van der Waals surface area contributed by atoms with Crippen molar-refractivity contribution < 1.29 is 19.4 Å². The lowest BCUT2D eigenvalue weighted by molar-refractivity contribution is -0.125. The number of halogens is 3. The zero-order chi connectivity index (χ0) is 23.4. The normalized spacial score (nSPS) is 10.0. The van der Waals surface area contributed by atoms with Crippen molar-refractivity contribution in [2.24, 2.45) is 0 Å². The maximum Gasteiger partial charge on any atom is 0.356 e.